The summed E-state index contributed by atoms with van der Waals surface area (Å²) in [6.07, 6.45) is 7.05. The van der Waals surface area contributed by atoms with Crippen molar-refractivity contribution in [2.75, 3.05) is 13.2 Å². The predicted molar refractivity (Wildman–Crippen MR) is 89.7 cm³/mol. The van der Waals surface area contributed by atoms with Crippen molar-refractivity contribution in [1.29, 1.82) is 0 Å². The van der Waals surface area contributed by atoms with Gasteiger partial charge in [-0.25, -0.2) is 0 Å². The quantitative estimate of drug-likeness (QED) is 0.617. The molecule has 1 aromatic carbocycles. The summed E-state index contributed by atoms with van der Waals surface area (Å²) < 4.78 is 0. The molecule has 0 aromatic heterocycles. The van der Waals surface area contributed by atoms with Gasteiger partial charge in [0, 0.05) is 12.0 Å². The van der Waals surface area contributed by atoms with Gasteiger partial charge in [0.05, 0.1) is 19.1 Å². The highest BCUT2D eigenvalue weighted by atomic mass is 16.3. The fourth-order valence-electron chi connectivity index (χ4n) is 2.70. The minimum Gasteiger partial charge on any atom is -0.395 e. The minimum atomic E-state index is -0.226. The number of hydrogen-bond donors (Lipinski definition) is 1. The molecule has 1 saturated heterocycles. The van der Waals surface area contributed by atoms with Gasteiger partial charge in [-0.05, 0) is 17.5 Å². The van der Waals surface area contributed by atoms with Crippen LogP contribution in [-0.2, 0) is 10.2 Å². The fraction of sp³-hybridized carbons (Fsp3) is 0.526. The Labute approximate surface area is 133 Å². The number of aliphatic hydroxyl groups excluding tert-OH is 1. The fourth-order valence-corrected chi connectivity index (χ4v) is 2.70. The summed E-state index contributed by atoms with van der Waals surface area (Å²) in [5, 5.41) is 9.44. The Hall–Kier alpha value is -1.61. The molecule has 3 nitrogen and oxygen atoms in total. The Kier molecular flexibility index (Phi) is 5.41. The number of rotatable bonds is 7. The first kappa shape index (κ1) is 16.8. The van der Waals surface area contributed by atoms with E-state index in [0.29, 0.717) is 13.0 Å². The SMILES string of the molecule is CCC/C=C\CN1C(=O)C[C@@H]1c1ccc(C(C)(C)CO)cc1. The number of allylic oxidation sites excluding steroid dienone is 1. The second kappa shape index (κ2) is 7.10. The number of hydrogen-bond acceptors (Lipinski definition) is 2. The molecule has 22 heavy (non-hydrogen) atoms. The molecule has 0 spiro atoms. The molecule has 1 aliphatic heterocycles. The topological polar surface area (TPSA) is 40.5 Å². The maximum absolute atomic E-state index is 11.8. The lowest BCUT2D eigenvalue weighted by Crippen LogP contribution is -2.46. The van der Waals surface area contributed by atoms with Gasteiger partial charge in [0.2, 0.25) is 5.91 Å². The van der Waals surface area contributed by atoms with E-state index in [4.69, 9.17) is 0 Å². The summed E-state index contributed by atoms with van der Waals surface area (Å²) in [6, 6.07) is 8.52. The number of carbonyl (C=O) groups is 1. The monoisotopic (exact) mass is 301 g/mol. The number of amides is 1. The molecule has 1 aliphatic rings. The lowest BCUT2D eigenvalue weighted by Gasteiger charge is -2.40. The van der Waals surface area contributed by atoms with Gasteiger partial charge in [0.15, 0.2) is 0 Å². The Morgan fingerprint density at radius 1 is 1.27 bits per heavy atom. The highest BCUT2D eigenvalue weighted by Crippen LogP contribution is 2.35. The van der Waals surface area contributed by atoms with Gasteiger partial charge in [-0.3, -0.25) is 4.79 Å². The van der Waals surface area contributed by atoms with Crippen LogP contribution in [0, 0.1) is 0 Å². The lowest BCUT2D eigenvalue weighted by atomic mass is 9.84. The molecule has 0 saturated carbocycles. The Balaban J connectivity index is 2.03. The second-order valence-electron chi connectivity index (χ2n) is 6.69. The van der Waals surface area contributed by atoms with Crippen molar-refractivity contribution >= 4 is 5.91 Å². The first-order chi connectivity index (χ1) is 10.5. The van der Waals surface area contributed by atoms with Crippen molar-refractivity contribution in [3.8, 4) is 0 Å². The second-order valence-corrected chi connectivity index (χ2v) is 6.69. The van der Waals surface area contributed by atoms with Crippen LogP contribution in [0.3, 0.4) is 0 Å². The van der Waals surface area contributed by atoms with Crippen LogP contribution in [0.5, 0.6) is 0 Å². The van der Waals surface area contributed by atoms with E-state index < -0.39 is 0 Å². The van der Waals surface area contributed by atoms with E-state index >= 15 is 0 Å². The molecular formula is C19H27NO2. The van der Waals surface area contributed by atoms with Gasteiger partial charge in [0.25, 0.3) is 0 Å². The molecule has 0 radical (unpaired) electrons. The molecule has 1 atom stereocenters. The van der Waals surface area contributed by atoms with Crippen LogP contribution in [0.4, 0.5) is 0 Å². The Morgan fingerprint density at radius 3 is 2.50 bits per heavy atom. The van der Waals surface area contributed by atoms with Crippen LogP contribution in [0.2, 0.25) is 0 Å². The third-order valence-electron chi connectivity index (χ3n) is 4.46. The van der Waals surface area contributed by atoms with Gasteiger partial charge < -0.3 is 10.0 Å². The van der Waals surface area contributed by atoms with E-state index in [-0.39, 0.29) is 24.0 Å². The van der Waals surface area contributed by atoms with E-state index in [1.165, 1.54) is 5.56 Å². The zero-order chi connectivity index (χ0) is 16.2. The van der Waals surface area contributed by atoms with E-state index in [1.807, 2.05) is 18.7 Å². The summed E-state index contributed by atoms with van der Waals surface area (Å²) in [5.41, 5.74) is 2.08. The van der Waals surface area contributed by atoms with Crippen molar-refractivity contribution < 1.29 is 9.90 Å². The summed E-state index contributed by atoms with van der Waals surface area (Å²) in [5.74, 6) is 0.228. The van der Waals surface area contributed by atoms with Crippen LogP contribution in [0.15, 0.2) is 36.4 Å². The number of benzene rings is 1. The average Bonchev–Trinajstić information content (AvgIpc) is 2.52. The number of aliphatic hydroxyl groups is 1. The zero-order valence-electron chi connectivity index (χ0n) is 13.9. The summed E-state index contributed by atoms with van der Waals surface area (Å²) in [6.45, 7) is 7.03. The maximum atomic E-state index is 11.8. The first-order valence-electron chi connectivity index (χ1n) is 8.15. The third kappa shape index (κ3) is 3.58. The smallest absolute Gasteiger partial charge is 0.225 e. The normalized spacial score (nSPS) is 18.8. The Morgan fingerprint density at radius 2 is 1.95 bits per heavy atom. The molecule has 0 unspecified atom stereocenters. The molecule has 1 amide bonds. The summed E-state index contributed by atoms with van der Waals surface area (Å²) in [4.78, 5) is 13.7. The number of unbranched alkanes of at least 4 members (excludes halogenated alkanes) is 1. The van der Waals surface area contributed by atoms with Gasteiger partial charge in [-0.2, -0.15) is 0 Å². The van der Waals surface area contributed by atoms with E-state index in [0.717, 1.165) is 18.4 Å². The molecule has 120 valence electrons. The molecule has 1 heterocycles. The van der Waals surface area contributed by atoms with Crippen LogP contribution < -0.4 is 0 Å². The van der Waals surface area contributed by atoms with Crippen molar-refractivity contribution in [3.05, 3.63) is 47.5 Å². The van der Waals surface area contributed by atoms with E-state index in [2.05, 4.69) is 43.3 Å². The van der Waals surface area contributed by atoms with Crippen LogP contribution >= 0.6 is 0 Å². The van der Waals surface area contributed by atoms with Crippen LogP contribution in [0.25, 0.3) is 0 Å². The minimum absolute atomic E-state index is 0.128. The predicted octanol–water partition coefficient (Wildman–Crippen LogP) is 3.59. The molecule has 1 N–H and O–H groups in total. The van der Waals surface area contributed by atoms with Gasteiger partial charge >= 0.3 is 0 Å². The largest absolute Gasteiger partial charge is 0.395 e. The highest BCUT2D eigenvalue weighted by molar-refractivity contribution is 5.83. The van der Waals surface area contributed by atoms with Crippen molar-refractivity contribution in [2.45, 2.75) is 51.5 Å². The van der Waals surface area contributed by atoms with Crippen molar-refractivity contribution in [1.82, 2.24) is 4.90 Å². The van der Waals surface area contributed by atoms with E-state index in [9.17, 15) is 9.90 Å². The average molecular weight is 301 g/mol. The number of likely N-dealkylation sites (tertiary alicyclic amines) is 1. The molecule has 1 aromatic rings. The molecule has 1 fully saturated rings. The number of carbonyl (C=O) groups excluding carboxylic acids is 1. The highest BCUT2D eigenvalue weighted by Gasteiger charge is 2.36. The number of β-lactam (4-membered cyclic amide) rings is 1. The van der Waals surface area contributed by atoms with Crippen molar-refractivity contribution in [3.63, 3.8) is 0 Å². The number of nitrogens with zero attached hydrogens (tertiary/aromatic N) is 1. The maximum Gasteiger partial charge on any atom is 0.225 e. The van der Waals surface area contributed by atoms with Gasteiger partial charge in [-0.1, -0.05) is 63.6 Å². The molecule has 2 rings (SSSR count). The summed E-state index contributed by atoms with van der Waals surface area (Å²) >= 11 is 0. The third-order valence-corrected chi connectivity index (χ3v) is 4.46. The van der Waals surface area contributed by atoms with E-state index in [1.54, 1.807) is 0 Å². The van der Waals surface area contributed by atoms with Gasteiger partial charge in [0.1, 0.15) is 0 Å². The Bertz CT molecular complexity index is 531. The standard InChI is InChI=1S/C19H27NO2/c1-4-5-6-7-12-20-17(13-18(20)22)15-8-10-16(11-9-15)19(2,3)14-21/h6-11,17,21H,4-5,12-14H2,1-3H3/b7-6-/t17-/m1/s1. The molecule has 3 heteroatoms. The summed E-state index contributed by atoms with van der Waals surface area (Å²) in [7, 11) is 0. The zero-order valence-corrected chi connectivity index (χ0v) is 13.9. The van der Waals surface area contributed by atoms with Crippen LogP contribution in [-0.4, -0.2) is 29.1 Å². The van der Waals surface area contributed by atoms with Gasteiger partial charge in [-0.15, -0.1) is 0 Å². The first-order valence-corrected chi connectivity index (χ1v) is 8.15. The van der Waals surface area contributed by atoms with Crippen molar-refractivity contribution in [2.24, 2.45) is 0 Å². The molecule has 0 aliphatic carbocycles. The van der Waals surface area contributed by atoms with Crippen LogP contribution in [0.1, 0.15) is 57.2 Å². The molecular weight excluding hydrogens is 274 g/mol. The molecule has 0 bridgehead atoms. The lowest BCUT2D eigenvalue weighted by molar-refractivity contribution is -0.145.